The molecule has 116 valence electrons. The van der Waals surface area contributed by atoms with Crippen LogP contribution in [-0.2, 0) is 0 Å². The first-order chi connectivity index (χ1) is 10.5. The van der Waals surface area contributed by atoms with E-state index in [1.807, 2.05) is 12.1 Å². The molecule has 0 fully saturated rings. The fraction of sp³-hybridized carbons (Fsp3) is 0.200. The smallest absolute Gasteiger partial charge is 0.404 e. The van der Waals surface area contributed by atoms with Gasteiger partial charge in [-0.3, -0.25) is 4.79 Å². The van der Waals surface area contributed by atoms with Gasteiger partial charge in [0.2, 0.25) is 0 Å². The molecule has 0 saturated carbocycles. The van der Waals surface area contributed by atoms with Crippen LogP contribution in [0.5, 0.6) is 5.75 Å². The molecule has 2 N–H and O–H groups in total. The fourth-order valence-corrected chi connectivity index (χ4v) is 2.91. The van der Waals surface area contributed by atoms with E-state index in [9.17, 15) is 9.59 Å². The molecule has 1 aromatic heterocycles. The first-order valence-corrected chi connectivity index (χ1v) is 7.67. The number of halogens is 1. The van der Waals surface area contributed by atoms with Crippen LogP contribution in [-0.4, -0.2) is 30.1 Å². The van der Waals surface area contributed by atoms with E-state index in [0.29, 0.717) is 15.6 Å². The Morgan fingerprint density at radius 2 is 2.09 bits per heavy atom. The summed E-state index contributed by atoms with van der Waals surface area (Å²) < 4.78 is 5.41. The van der Waals surface area contributed by atoms with Crippen molar-refractivity contribution in [1.82, 2.24) is 5.32 Å². The standard InChI is InChI=1S/C15H14ClNO4S/c1-9(18)13-4-5-14(22-13)10-2-3-12(11(16)8-10)21-7-6-17-15(19)20/h2-5,8,17H,6-7H2,1H3,(H,19,20). The van der Waals surface area contributed by atoms with E-state index >= 15 is 0 Å². The first-order valence-electron chi connectivity index (χ1n) is 6.47. The SMILES string of the molecule is CC(=O)c1ccc(-c2ccc(OCCNC(=O)O)c(Cl)c2)s1. The molecular formula is C15H14ClNO4S. The fourth-order valence-electron chi connectivity index (χ4n) is 1.77. The second-order valence-corrected chi connectivity index (χ2v) is 5.94. The van der Waals surface area contributed by atoms with E-state index in [2.05, 4.69) is 5.32 Å². The number of ether oxygens (including phenoxy) is 1. The molecule has 1 heterocycles. The molecule has 22 heavy (non-hydrogen) atoms. The Morgan fingerprint density at radius 1 is 1.32 bits per heavy atom. The summed E-state index contributed by atoms with van der Waals surface area (Å²) in [4.78, 5) is 23.3. The zero-order valence-corrected chi connectivity index (χ0v) is 13.3. The van der Waals surface area contributed by atoms with Crippen molar-refractivity contribution in [2.24, 2.45) is 0 Å². The maximum Gasteiger partial charge on any atom is 0.404 e. The van der Waals surface area contributed by atoms with Crippen molar-refractivity contribution in [2.45, 2.75) is 6.92 Å². The lowest BCUT2D eigenvalue weighted by molar-refractivity contribution is 0.102. The zero-order chi connectivity index (χ0) is 16.1. The number of hydrogen-bond donors (Lipinski definition) is 2. The number of thiophene rings is 1. The minimum Gasteiger partial charge on any atom is -0.490 e. The highest BCUT2D eigenvalue weighted by molar-refractivity contribution is 7.17. The van der Waals surface area contributed by atoms with Gasteiger partial charge in [0.1, 0.15) is 12.4 Å². The molecule has 1 amide bonds. The topological polar surface area (TPSA) is 75.6 Å². The lowest BCUT2D eigenvalue weighted by atomic mass is 10.2. The first kappa shape index (κ1) is 16.3. The predicted octanol–water partition coefficient (Wildman–Crippen LogP) is 3.92. The monoisotopic (exact) mass is 339 g/mol. The van der Waals surface area contributed by atoms with Gasteiger partial charge >= 0.3 is 6.09 Å². The van der Waals surface area contributed by atoms with E-state index in [0.717, 1.165) is 10.4 Å². The molecule has 5 nitrogen and oxygen atoms in total. The van der Waals surface area contributed by atoms with Crippen LogP contribution in [0.15, 0.2) is 30.3 Å². The minimum atomic E-state index is -1.09. The maximum absolute atomic E-state index is 11.3. The number of carbonyl (C=O) groups is 2. The van der Waals surface area contributed by atoms with Gasteiger partial charge in [-0.2, -0.15) is 0 Å². The summed E-state index contributed by atoms with van der Waals surface area (Å²) in [5, 5.41) is 11.1. The maximum atomic E-state index is 11.3. The predicted molar refractivity (Wildman–Crippen MR) is 86.3 cm³/mol. The van der Waals surface area contributed by atoms with Crippen molar-refractivity contribution in [3.05, 3.63) is 40.2 Å². The molecule has 7 heteroatoms. The van der Waals surface area contributed by atoms with Crippen LogP contribution in [0.25, 0.3) is 10.4 Å². The number of hydrogen-bond acceptors (Lipinski definition) is 4. The normalized spacial score (nSPS) is 10.3. The highest BCUT2D eigenvalue weighted by Crippen LogP contribution is 2.34. The van der Waals surface area contributed by atoms with Crippen molar-refractivity contribution < 1.29 is 19.4 Å². The number of carbonyl (C=O) groups excluding carboxylic acids is 1. The van der Waals surface area contributed by atoms with E-state index in [1.165, 1.54) is 18.3 Å². The Labute approximate surface area is 136 Å². The lowest BCUT2D eigenvalue weighted by Gasteiger charge is -2.09. The summed E-state index contributed by atoms with van der Waals surface area (Å²) in [5.74, 6) is 0.522. The Hall–Kier alpha value is -2.05. The van der Waals surface area contributed by atoms with Crippen LogP contribution in [0.4, 0.5) is 4.79 Å². The van der Waals surface area contributed by atoms with Gasteiger partial charge in [-0.15, -0.1) is 11.3 Å². The molecule has 0 aliphatic heterocycles. The molecule has 0 bridgehead atoms. The molecule has 0 aliphatic rings. The Bertz CT molecular complexity index is 699. The molecule has 0 aliphatic carbocycles. The van der Waals surface area contributed by atoms with Gasteiger partial charge in [-0.1, -0.05) is 11.6 Å². The van der Waals surface area contributed by atoms with E-state index in [-0.39, 0.29) is 18.9 Å². The second-order valence-electron chi connectivity index (χ2n) is 4.45. The quantitative estimate of drug-likeness (QED) is 0.618. The van der Waals surface area contributed by atoms with Gasteiger partial charge in [-0.25, -0.2) is 4.79 Å². The largest absolute Gasteiger partial charge is 0.490 e. The third-order valence-corrected chi connectivity index (χ3v) is 4.34. The minimum absolute atomic E-state index is 0.0354. The van der Waals surface area contributed by atoms with Crippen LogP contribution in [0, 0.1) is 0 Å². The van der Waals surface area contributed by atoms with Gasteiger partial charge in [0.25, 0.3) is 0 Å². The summed E-state index contributed by atoms with van der Waals surface area (Å²) in [6.07, 6.45) is -1.09. The number of rotatable bonds is 6. The van der Waals surface area contributed by atoms with Crippen molar-refractivity contribution in [1.29, 1.82) is 0 Å². The number of amides is 1. The second kappa shape index (κ2) is 7.29. The van der Waals surface area contributed by atoms with Gasteiger partial charge in [0.05, 0.1) is 16.4 Å². The number of carboxylic acid groups (broad SMARTS) is 1. The Morgan fingerprint density at radius 3 is 2.68 bits per heavy atom. The zero-order valence-electron chi connectivity index (χ0n) is 11.8. The molecule has 0 unspecified atom stereocenters. The van der Waals surface area contributed by atoms with Gasteiger partial charge in [0.15, 0.2) is 5.78 Å². The van der Waals surface area contributed by atoms with Crippen LogP contribution in [0.1, 0.15) is 16.6 Å². The Balaban J connectivity index is 2.05. The summed E-state index contributed by atoms with van der Waals surface area (Å²) in [5.41, 5.74) is 0.901. The summed E-state index contributed by atoms with van der Waals surface area (Å²) in [6, 6.07) is 9.01. The molecule has 2 aromatic rings. The molecular weight excluding hydrogens is 326 g/mol. The van der Waals surface area contributed by atoms with Crippen LogP contribution >= 0.6 is 22.9 Å². The molecule has 0 atom stereocenters. The van der Waals surface area contributed by atoms with E-state index in [1.54, 1.807) is 18.2 Å². The van der Waals surface area contributed by atoms with Crippen LogP contribution in [0.3, 0.4) is 0 Å². The third kappa shape index (κ3) is 4.22. The highest BCUT2D eigenvalue weighted by atomic mass is 35.5. The summed E-state index contributed by atoms with van der Waals surface area (Å²) in [6.45, 7) is 1.91. The molecule has 2 rings (SSSR count). The third-order valence-electron chi connectivity index (χ3n) is 2.81. The van der Waals surface area contributed by atoms with E-state index < -0.39 is 6.09 Å². The molecule has 1 aromatic carbocycles. The van der Waals surface area contributed by atoms with E-state index in [4.69, 9.17) is 21.4 Å². The number of Topliss-reactive ketones (excluding diaryl/α,β-unsaturated/α-hetero) is 1. The van der Waals surface area contributed by atoms with Crippen LogP contribution < -0.4 is 10.1 Å². The van der Waals surface area contributed by atoms with Crippen molar-refractivity contribution in [3.8, 4) is 16.2 Å². The number of nitrogens with one attached hydrogen (secondary N) is 1. The van der Waals surface area contributed by atoms with Crippen molar-refractivity contribution in [3.63, 3.8) is 0 Å². The molecule has 0 radical (unpaired) electrons. The molecule has 0 saturated heterocycles. The Kier molecular flexibility index (Phi) is 5.41. The van der Waals surface area contributed by atoms with Gasteiger partial charge in [0, 0.05) is 4.88 Å². The van der Waals surface area contributed by atoms with Crippen LogP contribution in [0.2, 0.25) is 5.02 Å². The van der Waals surface area contributed by atoms with Gasteiger partial charge < -0.3 is 15.2 Å². The summed E-state index contributed by atoms with van der Waals surface area (Å²) >= 11 is 7.58. The summed E-state index contributed by atoms with van der Waals surface area (Å²) in [7, 11) is 0. The molecule has 0 spiro atoms. The van der Waals surface area contributed by atoms with Crippen molar-refractivity contribution >= 4 is 34.8 Å². The lowest BCUT2D eigenvalue weighted by Crippen LogP contribution is -2.26. The average molecular weight is 340 g/mol. The van der Waals surface area contributed by atoms with Crippen molar-refractivity contribution in [2.75, 3.05) is 13.2 Å². The number of benzene rings is 1. The average Bonchev–Trinajstić information content (AvgIpc) is 2.94. The highest BCUT2D eigenvalue weighted by Gasteiger charge is 2.09. The number of ketones is 1. The van der Waals surface area contributed by atoms with Gasteiger partial charge in [-0.05, 0) is 42.8 Å².